The van der Waals surface area contributed by atoms with Gasteiger partial charge in [-0.1, -0.05) is 25.1 Å². The number of anilines is 1. The van der Waals surface area contributed by atoms with Crippen LogP contribution < -0.4 is 5.32 Å². The van der Waals surface area contributed by atoms with Crippen LogP contribution in [0.4, 0.5) is 5.69 Å². The number of aromatic nitrogens is 3. The van der Waals surface area contributed by atoms with E-state index < -0.39 is 0 Å². The van der Waals surface area contributed by atoms with E-state index in [1.807, 2.05) is 42.8 Å². The van der Waals surface area contributed by atoms with Gasteiger partial charge >= 0.3 is 0 Å². The summed E-state index contributed by atoms with van der Waals surface area (Å²) in [5, 5.41) is 5.82. The Morgan fingerprint density at radius 3 is 2.91 bits per heavy atom. The Kier molecular flexibility index (Phi) is 4.52. The van der Waals surface area contributed by atoms with Gasteiger partial charge < -0.3 is 9.88 Å². The molecule has 3 aromatic rings. The zero-order valence-corrected chi connectivity index (χ0v) is 13.9. The number of benzene rings is 1. The summed E-state index contributed by atoms with van der Waals surface area (Å²) in [6.07, 6.45) is 4.40. The number of nitrogens with zero attached hydrogens (tertiary/aromatic N) is 3. The molecule has 0 atom stereocenters. The zero-order chi connectivity index (χ0) is 16.2. The Hall–Kier alpha value is -2.47. The van der Waals surface area contributed by atoms with Crippen LogP contribution in [0.15, 0.2) is 42.2 Å². The van der Waals surface area contributed by atoms with Crippen molar-refractivity contribution >= 4 is 22.9 Å². The molecule has 6 heteroatoms. The number of para-hydroxylation sites is 1. The monoisotopic (exact) mass is 326 g/mol. The first-order chi connectivity index (χ1) is 11.2. The molecule has 2 heterocycles. The van der Waals surface area contributed by atoms with Gasteiger partial charge in [-0.2, -0.15) is 0 Å². The summed E-state index contributed by atoms with van der Waals surface area (Å²) < 4.78 is 1.77. The molecule has 5 nitrogen and oxygen atoms in total. The molecule has 118 valence electrons. The molecule has 0 aliphatic carbocycles. The normalized spacial score (nSPS) is 10.7. The predicted octanol–water partition coefficient (Wildman–Crippen LogP) is 3.52. The van der Waals surface area contributed by atoms with Gasteiger partial charge in [0, 0.05) is 23.0 Å². The highest BCUT2D eigenvalue weighted by atomic mass is 32.1. The number of hydrogen-bond acceptors (Lipinski definition) is 4. The summed E-state index contributed by atoms with van der Waals surface area (Å²) in [6.45, 7) is 4.26. The third-order valence-corrected chi connectivity index (χ3v) is 4.45. The Bertz CT molecular complexity index is 821. The molecule has 0 bridgehead atoms. The largest absolute Gasteiger partial charge is 0.327 e. The second kappa shape index (κ2) is 6.75. The van der Waals surface area contributed by atoms with Crippen LogP contribution in [0, 0.1) is 6.92 Å². The third-order valence-electron chi connectivity index (χ3n) is 3.47. The second-order valence-corrected chi connectivity index (χ2v) is 6.14. The quantitative estimate of drug-likeness (QED) is 0.780. The van der Waals surface area contributed by atoms with Crippen molar-refractivity contribution in [2.75, 3.05) is 5.32 Å². The first-order valence-corrected chi connectivity index (χ1v) is 8.35. The highest BCUT2D eigenvalue weighted by molar-refractivity contribution is 7.13. The molecule has 2 aromatic heterocycles. The van der Waals surface area contributed by atoms with E-state index in [0.717, 1.165) is 34.1 Å². The minimum Gasteiger partial charge on any atom is -0.327 e. The average molecular weight is 326 g/mol. The molecule has 0 radical (unpaired) electrons. The van der Waals surface area contributed by atoms with Gasteiger partial charge in [0.25, 0.3) is 0 Å². The number of amides is 1. The fourth-order valence-electron chi connectivity index (χ4n) is 2.33. The summed E-state index contributed by atoms with van der Waals surface area (Å²) in [4.78, 5) is 21.0. The van der Waals surface area contributed by atoms with Crippen molar-refractivity contribution in [2.45, 2.75) is 26.8 Å². The molecule has 0 unspecified atom stereocenters. The van der Waals surface area contributed by atoms with Crippen LogP contribution in [-0.2, 0) is 17.8 Å². The Balaban J connectivity index is 1.68. The molecule has 1 N–H and O–H groups in total. The van der Waals surface area contributed by atoms with Crippen LogP contribution in [0.5, 0.6) is 0 Å². The van der Waals surface area contributed by atoms with Crippen LogP contribution >= 0.6 is 11.3 Å². The molecule has 23 heavy (non-hydrogen) atoms. The lowest BCUT2D eigenvalue weighted by Crippen LogP contribution is -2.18. The van der Waals surface area contributed by atoms with E-state index in [4.69, 9.17) is 0 Å². The maximum absolute atomic E-state index is 12.2. The maximum Gasteiger partial charge on any atom is 0.244 e. The summed E-state index contributed by atoms with van der Waals surface area (Å²) in [7, 11) is 0. The molecule has 3 rings (SSSR count). The molecular weight excluding hydrogens is 308 g/mol. The summed E-state index contributed by atoms with van der Waals surface area (Å²) in [6, 6.07) is 7.85. The van der Waals surface area contributed by atoms with Crippen molar-refractivity contribution in [3.8, 4) is 10.7 Å². The number of rotatable bonds is 5. The molecular formula is C17H18N4OS. The number of hydrogen-bond donors (Lipinski definition) is 1. The maximum atomic E-state index is 12.2. The fraction of sp³-hybridized carbons (Fsp3) is 0.235. The van der Waals surface area contributed by atoms with E-state index >= 15 is 0 Å². The van der Waals surface area contributed by atoms with Crippen molar-refractivity contribution in [3.05, 3.63) is 53.4 Å². The Labute approximate surface area is 139 Å². The first kappa shape index (κ1) is 15.4. The number of nitrogens with one attached hydrogen (secondary N) is 1. The van der Waals surface area contributed by atoms with Gasteiger partial charge in [0.1, 0.15) is 17.2 Å². The highest BCUT2D eigenvalue weighted by Gasteiger charge is 2.10. The number of aryl methyl sites for hydroxylation is 2. The first-order valence-electron chi connectivity index (χ1n) is 7.47. The van der Waals surface area contributed by atoms with Gasteiger partial charge in [-0.15, -0.1) is 11.3 Å². The van der Waals surface area contributed by atoms with E-state index in [2.05, 4.69) is 22.2 Å². The Morgan fingerprint density at radius 1 is 1.35 bits per heavy atom. The van der Waals surface area contributed by atoms with E-state index in [9.17, 15) is 4.79 Å². The van der Waals surface area contributed by atoms with Crippen molar-refractivity contribution in [3.63, 3.8) is 0 Å². The number of thiazole rings is 1. The highest BCUT2D eigenvalue weighted by Crippen LogP contribution is 2.21. The third kappa shape index (κ3) is 3.65. The smallest absolute Gasteiger partial charge is 0.244 e. The van der Waals surface area contributed by atoms with Gasteiger partial charge in [0.2, 0.25) is 5.91 Å². The van der Waals surface area contributed by atoms with Crippen LogP contribution in [0.3, 0.4) is 0 Å². The summed E-state index contributed by atoms with van der Waals surface area (Å²) >= 11 is 1.55. The number of imidazole rings is 1. The molecule has 1 amide bonds. The molecule has 0 fully saturated rings. The Morgan fingerprint density at radius 2 is 2.17 bits per heavy atom. The lowest BCUT2D eigenvalue weighted by Gasteiger charge is -2.09. The fourth-order valence-corrected chi connectivity index (χ4v) is 3.09. The minimum atomic E-state index is -0.0647. The van der Waals surface area contributed by atoms with Crippen LogP contribution in [-0.4, -0.2) is 20.4 Å². The van der Waals surface area contributed by atoms with Crippen molar-refractivity contribution in [1.29, 1.82) is 0 Å². The second-order valence-electron chi connectivity index (χ2n) is 5.28. The standard InChI is InChI=1S/C17H18N4OS/c1-3-13-6-4-5-7-14(13)20-16(22)9-21-8-15(18-11-21)17-19-12(2)10-23-17/h4-8,10-11H,3,9H2,1-2H3,(H,20,22). The molecule has 0 spiro atoms. The topological polar surface area (TPSA) is 59.8 Å². The van der Waals surface area contributed by atoms with Gasteiger partial charge in [0.05, 0.1) is 6.33 Å². The predicted molar refractivity (Wildman–Crippen MR) is 92.5 cm³/mol. The van der Waals surface area contributed by atoms with E-state index in [0.29, 0.717) is 0 Å². The molecule has 0 aliphatic rings. The average Bonchev–Trinajstić information content (AvgIpc) is 3.16. The van der Waals surface area contributed by atoms with Crippen LogP contribution in [0.1, 0.15) is 18.2 Å². The van der Waals surface area contributed by atoms with Crippen molar-refractivity contribution in [1.82, 2.24) is 14.5 Å². The van der Waals surface area contributed by atoms with Gasteiger partial charge in [0.15, 0.2) is 0 Å². The van der Waals surface area contributed by atoms with Gasteiger partial charge in [-0.25, -0.2) is 9.97 Å². The van der Waals surface area contributed by atoms with E-state index in [-0.39, 0.29) is 12.5 Å². The molecule has 0 saturated carbocycles. The lowest BCUT2D eigenvalue weighted by molar-refractivity contribution is -0.116. The van der Waals surface area contributed by atoms with E-state index in [1.54, 1.807) is 22.2 Å². The molecule has 0 saturated heterocycles. The van der Waals surface area contributed by atoms with Crippen molar-refractivity contribution < 1.29 is 4.79 Å². The van der Waals surface area contributed by atoms with E-state index in [1.165, 1.54) is 0 Å². The summed E-state index contributed by atoms with van der Waals surface area (Å²) in [5.41, 5.74) is 3.78. The van der Waals surface area contributed by atoms with Crippen LogP contribution in [0.25, 0.3) is 10.7 Å². The summed E-state index contributed by atoms with van der Waals surface area (Å²) in [5.74, 6) is -0.0647. The number of carbonyl (C=O) groups excluding carboxylic acids is 1. The molecule has 0 aliphatic heterocycles. The van der Waals surface area contributed by atoms with Gasteiger partial charge in [-0.3, -0.25) is 4.79 Å². The van der Waals surface area contributed by atoms with Gasteiger partial charge in [-0.05, 0) is 25.0 Å². The minimum absolute atomic E-state index is 0.0647. The lowest BCUT2D eigenvalue weighted by atomic mass is 10.1. The van der Waals surface area contributed by atoms with Crippen LogP contribution in [0.2, 0.25) is 0 Å². The zero-order valence-electron chi connectivity index (χ0n) is 13.1. The van der Waals surface area contributed by atoms with Crippen molar-refractivity contribution in [2.24, 2.45) is 0 Å². The number of carbonyl (C=O) groups is 1. The molecule has 1 aromatic carbocycles. The SMILES string of the molecule is CCc1ccccc1NC(=O)Cn1cnc(-c2nc(C)cs2)c1.